The third kappa shape index (κ3) is 6.86. The zero-order valence-electron chi connectivity index (χ0n) is 33.1. The van der Waals surface area contributed by atoms with Crippen LogP contribution in [0.3, 0.4) is 0 Å². The molecular weight excluding hydrogens is 743 g/mol. The van der Waals surface area contributed by atoms with Crippen LogP contribution in [0.2, 0.25) is 0 Å². The van der Waals surface area contributed by atoms with Gasteiger partial charge >= 0.3 is 0 Å². The lowest BCUT2D eigenvalue weighted by atomic mass is 9.96. The third-order valence-electron chi connectivity index (χ3n) is 11.4. The molecule has 4 heteroatoms. The predicted molar refractivity (Wildman–Crippen MR) is 251 cm³/mol. The second-order valence-electron chi connectivity index (χ2n) is 15.1. The molecule has 0 aliphatic heterocycles. The summed E-state index contributed by atoms with van der Waals surface area (Å²) >= 11 is 0. The number of nitrogens with zero attached hydrogens (tertiary/aromatic N) is 3. The van der Waals surface area contributed by atoms with E-state index < -0.39 is 0 Å². The average molecular weight is 780 g/mol. The molecule has 11 aromatic rings. The standard InChI is InChI=1S/C57H37N3O/c1-3-16-39(17-4-1)46-24-7-9-27-51(46)56-58-55(59-57(60-56)52-28-10-8-25-47(52)40-18-5-2-6-19-40)45-23-14-22-44(37-45)43-21-13-20-42(36-43)38-32-34-41(35-33-38)48-29-15-30-50-49-26-11-12-31-53(49)61-54(48)50/h1-37H. The molecule has 0 fully saturated rings. The van der Waals surface area contributed by atoms with Crippen molar-refractivity contribution in [2.75, 3.05) is 0 Å². The first-order valence-corrected chi connectivity index (χ1v) is 20.5. The van der Waals surface area contributed by atoms with E-state index in [1.54, 1.807) is 0 Å². The van der Waals surface area contributed by atoms with Gasteiger partial charge in [-0.3, -0.25) is 0 Å². The van der Waals surface area contributed by atoms with E-state index >= 15 is 0 Å². The van der Waals surface area contributed by atoms with Crippen molar-refractivity contribution in [2.24, 2.45) is 0 Å². The van der Waals surface area contributed by atoms with Crippen LogP contribution < -0.4 is 0 Å². The van der Waals surface area contributed by atoms with Crippen LogP contribution in [0, 0.1) is 0 Å². The van der Waals surface area contributed by atoms with Gasteiger partial charge in [-0.1, -0.05) is 206 Å². The van der Waals surface area contributed by atoms with Crippen LogP contribution in [0.5, 0.6) is 0 Å². The summed E-state index contributed by atoms with van der Waals surface area (Å²) in [5.41, 5.74) is 15.6. The van der Waals surface area contributed by atoms with E-state index in [0.717, 1.165) is 94.3 Å². The minimum absolute atomic E-state index is 0.610. The van der Waals surface area contributed by atoms with E-state index in [0.29, 0.717) is 17.5 Å². The van der Waals surface area contributed by atoms with Crippen LogP contribution >= 0.6 is 0 Å². The van der Waals surface area contributed by atoms with E-state index in [1.165, 1.54) is 0 Å². The lowest BCUT2D eigenvalue weighted by Gasteiger charge is -2.14. The number of fused-ring (bicyclic) bond motifs is 3. The Kier molecular flexibility index (Phi) is 9.14. The summed E-state index contributed by atoms with van der Waals surface area (Å²) in [4.78, 5) is 15.7. The van der Waals surface area contributed by atoms with Gasteiger partial charge in [-0.25, -0.2) is 15.0 Å². The normalized spacial score (nSPS) is 11.3. The highest BCUT2D eigenvalue weighted by Crippen LogP contribution is 2.38. The van der Waals surface area contributed by atoms with Crippen molar-refractivity contribution < 1.29 is 4.42 Å². The predicted octanol–water partition coefficient (Wildman–Crippen LogP) is 15.1. The quantitative estimate of drug-likeness (QED) is 0.154. The van der Waals surface area contributed by atoms with Crippen molar-refractivity contribution >= 4 is 21.9 Å². The largest absolute Gasteiger partial charge is 0.455 e. The second kappa shape index (κ2) is 15.5. The summed E-state index contributed by atoms with van der Waals surface area (Å²) in [5.74, 6) is 1.85. The molecule has 2 heterocycles. The number of para-hydroxylation sites is 2. The summed E-state index contributed by atoms with van der Waals surface area (Å²) < 4.78 is 6.35. The zero-order valence-corrected chi connectivity index (χ0v) is 33.1. The van der Waals surface area contributed by atoms with Gasteiger partial charge in [-0.15, -0.1) is 0 Å². The van der Waals surface area contributed by atoms with Crippen molar-refractivity contribution in [3.05, 3.63) is 224 Å². The molecule has 286 valence electrons. The van der Waals surface area contributed by atoms with Gasteiger partial charge in [0.2, 0.25) is 0 Å². The van der Waals surface area contributed by atoms with Crippen LogP contribution in [0.1, 0.15) is 0 Å². The number of rotatable bonds is 8. The molecule has 61 heavy (non-hydrogen) atoms. The molecule has 0 unspecified atom stereocenters. The molecule has 0 atom stereocenters. The Labute approximate surface area is 354 Å². The molecule has 2 aromatic heterocycles. The topological polar surface area (TPSA) is 51.8 Å². The van der Waals surface area contributed by atoms with Gasteiger partial charge in [0.1, 0.15) is 11.2 Å². The molecule has 0 N–H and O–H groups in total. The highest BCUT2D eigenvalue weighted by atomic mass is 16.3. The van der Waals surface area contributed by atoms with Crippen molar-refractivity contribution in [3.8, 4) is 89.8 Å². The summed E-state index contributed by atoms with van der Waals surface area (Å²) in [7, 11) is 0. The average Bonchev–Trinajstić information content (AvgIpc) is 3.74. The van der Waals surface area contributed by atoms with Gasteiger partial charge in [0, 0.05) is 33.0 Å². The van der Waals surface area contributed by atoms with E-state index in [4.69, 9.17) is 19.4 Å². The van der Waals surface area contributed by atoms with Gasteiger partial charge in [-0.2, -0.15) is 0 Å². The van der Waals surface area contributed by atoms with Gasteiger partial charge < -0.3 is 4.42 Å². The second-order valence-corrected chi connectivity index (χ2v) is 15.1. The molecule has 0 amide bonds. The minimum Gasteiger partial charge on any atom is -0.455 e. The fraction of sp³-hybridized carbons (Fsp3) is 0. The Morgan fingerprint density at radius 3 is 1.26 bits per heavy atom. The first kappa shape index (κ1) is 35.9. The third-order valence-corrected chi connectivity index (χ3v) is 11.4. The molecule has 0 saturated heterocycles. The van der Waals surface area contributed by atoms with Crippen molar-refractivity contribution in [3.63, 3.8) is 0 Å². The lowest BCUT2D eigenvalue weighted by Crippen LogP contribution is -2.02. The molecular formula is C57H37N3O. The Balaban J connectivity index is 0.980. The lowest BCUT2D eigenvalue weighted by molar-refractivity contribution is 0.670. The number of furan rings is 1. The molecule has 11 rings (SSSR count). The van der Waals surface area contributed by atoms with Gasteiger partial charge in [0.25, 0.3) is 0 Å². The maximum absolute atomic E-state index is 6.35. The Morgan fingerprint density at radius 1 is 0.246 bits per heavy atom. The minimum atomic E-state index is 0.610. The summed E-state index contributed by atoms with van der Waals surface area (Å²) in [6, 6.07) is 78.1. The first-order chi connectivity index (χ1) is 30.2. The van der Waals surface area contributed by atoms with Gasteiger partial charge in [0.05, 0.1) is 0 Å². The van der Waals surface area contributed by atoms with Crippen molar-refractivity contribution in [2.45, 2.75) is 0 Å². The van der Waals surface area contributed by atoms with E-state index in [1.807, 2.05) is 36.4 Å². The summed E-state index contributed by atoms with van der Waals surface area (Å²) in [6.07, 6.45) is 0. The summed E-state index contributed by atoms with van der Waals surface area (Å²) in [6.45, 7) is 0. The monoisotopic (exact) mass is 779 g/mol. The number of benzene rings is 9. The van der Waals surface area contributed by atoms with E-state index in [-0.39, 0.29) is 0 Å². The molecule has 0 radical (unpaired) electrons. The Morgan fingerprint density at radius 2 is 0.639 bits per heavy atom. The van der Waals surface area contributed by atoms with Gasteiger partial charge in [0.15, 0.2) is 17.5 Å². The first-order valence-electron chi connectivity index (χ1n) is 20.5. The fourth-order valence-electron chi connectivity index (χ4n) is 8.37. The Hall–Kier alpha value is -8.21. The number of hydrogen-bond acceptors (Lipinski definition) is 4. The fourth-order valence-corrected chi connectivity index (χ4v) is 8.37. The molecule has 4 nitrogen and oxygen atoms in total. The van der Waals surface area contributed by atoms with Crippen LogP contribution in [0.15, 0.2) is 229 Å². The Bertz CT molecular complexity index is 3250. The molecule has 0 aliphatic carbocycles. The molecule has 0 bridgehead atoms. The van der Waals surface area contributed by atoms with Crippen molar-refractivity contribution in [1.82, 2.24) is 15.0 Å². The van der Waals surface area contributed by atoms with Crippen molar-refractivity contribution in [1.29, 1.82) is 0 Å². The van der Waals surface area contributed by atoms with Crippen LogP contribution in [0.25, 0.3) is 112 Å². The molecule has 0 spiro atoms. The molecule has 0 aliphatic rings. The van der Waals surface area contributed by atoms with Gasteiger partial charge in [-0.05, 0) is 68.3 Å². The smallest absolute Gasteiger partial charge is 0.164 e. The maximum atomic E-state index is 6.35. The maximum Gasteiger partial charge on any atom is 0.164 e. The zero-order chi connectivity index (χ0) is 40.5. The van der Waals surface area contributed by atoms with Crippen LogP contribution in [-0.4, -0.2) is 15.0 Å². The van der Waals surface area contributed by atoms with E-state index in [2.05, 4.69) is 188 Å². The highest BCUT2D eigenvalue weighted by Gasteiger charge is 2.18. The van der Waals surface area contributed by atoms with Crippen LogP contribution in [-0.2, 0) is 0 Å². The number of hydrogen-bond donors (Lipinski definition) is 0. The highest BCUT2D eigenvalue weighted by molar-refractivity contribution is 6.09. The summed E-state index contributed by atoms with van der Waals surface area (Å²) in [5, 5.41) is 2.26. The number of aromatic nitrogens is 3. The van der Waals surface area contributed by atoms with Crippen LogP contribution in [0.4, 0.5) is 0 Å². The van der Waals surface area contributed by atoms with E-state index in [9.17, 15) is 0 Å². The molecule has 0 saturated carbocycles. The SMILES string of the molecule is c1ccc(-c2ccccc2-c2nc(-c3cccc(-c4cccc(-c5ccc(-c6cccc7c6oc6ccccc67)cc5)c4)c3)nc(-c3ccccc3-c3ccccc3)n2)cc1. The molecule has 9 aromatic carbocycles.